The third-order valence-electron chi connectivity index (χ3n) is 4.39. The molecule has 1 aromatic heterocycles. The molecule has 0 aliphatic heterocycles. The average Bonchev–Trinajstić information content (AvgIpc) is 2.73. The lowest BCUT2D eigenvalue weighted by atomic mass is 10.1. The Balaban J connectivity index is 0.00000320. The molecule has 0 saturated carbocycles. The van der Waals surface area contributed by atoms with Gasteiger partial charge in [0.05, 0.1) is 13.1 Å². The van der Waals surface area contributed by atoms with Gasteiger partial charge >= 0.3 is 0 Å². The largest absolute Gasteiger partial charge is 0.357 e. The predicted molar refractivity (Wildman–Crippen MR) is 130 cm³/mol. The monoisotopic (exact) mass is 520 g/mol. The van der Waals surface area contributed by atoms with Crippen LogP contribution >= 0.6 is 24.0 Å². The highest BCUT2D eigenvalue weighted by molar-refractivity contribution is 14.0. The summed E-state index contributed by atoms with van der Waals surface area (Å²) in [4.78, 5) is 16.3. The zero-order valence-electron chi connectivity index (χ0n) is 16.8. The summed E-state index contributed by atoms with van der Waals surface area (Å²) in [6, 6.07) is 19.7. The summed E-state index contributed by atoms with van der Waals surface area (Å²) in [5.74, 6) is 0.421. The minimum Gasteiger partial charge on any atom is -0.357 e. The molecule has 2 aromatic carbocycles. The number of hydrogen-bond acceptors (Lipinski definition) is 2. The van der Waals surface area contributed by atoms with Crippen molar-refractivity contribution in [2.45, 2.75) is 26.6 Å². The lowest BCUT2D eigenvalue weighted by molar-refractivity contribution is 0.625. The molecule has 0 unspecified atom stereocenters. The quantitative estimate of drug-likeness (QED) is 0.282. The van der Waals surface area contributed by atoms with E-state index in [4.69, 9.17) is 0 Å². The van der Waals surface area contributed by atoms with Crippen molar-refractivity contribution in [2.24, 2.45) is 4.99 Å². The molecule has 158 valence electrons. The molecule has 5 nitrogen and oxygen atoms in total. The Morgan fingerprint density at radius 3 is 2.43 bits per heavy atom. The van der Waals surface area contributed by atoms with Gasteiger partial charge in [0.15, 0.2) is 5.96 Å². The van der Waals surface area contributed by atoms with E-state index in [1.54, 1.807) is 29.0 Å². The van der Waals surface area contributed by atoms with Crippen molar-refractivity contribution >= 4 is 29.9 Å². The van der Waals surface area contributed by atoms with Crippen molar-refractivity contribution in [3.8, 4) is 0 Å². The lowest BCUT2D eigenvalue weighted by Crippen LogP contribution is -2.36. The number of benzene rings is 2. The molecule has 0 saturated heterocycles. The first-order chi connectivity index (χ1) is 14.1. The second-order valence-electron chi connectivity index (χ2n) is 6.66. The van der Waals surface area contributed by atoms with Crippen LogP contribution in [0, 0.1) is 5.82 Å². The van der Waals surface area contributed by atoms with E-state index in [2.05, 4.69) is 15.6 Å². The Labute approximate surface area is 193 Å². The van der Waals surface area contributed by atoms with E-state index in [1.807, 2.05) is 43.3 Å². The normalized spacial score (nSPS) is 10.9. The van der Waals surface area contributed by atoms with Crippen LogP contribution in [0.1, 0.15) is 23.6 Å². The van der Waals surface area contributed by atoms with Crippen LogP contribution in [0.5, 0.6) is 0 Å². The molecular weight excluding hydrogens is 494 g/mol. The fourth-order valence-corrected chi connectivity index (χ4v) is 2.88. The van der Waals surface area contributed by atoms with Crippen molar-refractivity contribution in [2.75, 3.05) is 6.54 Å². The lowest BCUT2D eigenvalue weighted by Gasteiger charge is -2.12. The van der Waals surface area contributed by atoms with Gasteiger partial charge in [-0.05, 0) is 41.8 Å². The van der Waals surface area contributed by atoms with Crippen LogP contribution in [0.15, 0.2) is 82.7 Å². The zero-order chi connectivity index (χ0) is 20.5. The number of aliphatic imine (C=N–C) groups is 1. The van der Waals surface area contributed by atoms with Crippen LogP contribution in [0.4, 0.5) is 4.39 Å². The molecule has 0 aliphatic carbocycles. The molecule has 30 heavy (non-hydrogen) atoms. The smallest absolute Gasteiger partial charge is 0.250 e. The predicted octanol–water partition coefficient (Wildman–Crippen LogP) is 3.91. The van der Waals surface area contributed by atoms with Gasteiger partial charge in [0, 0.05) is 25.4 Å². The van der Waals surface area contributed by atoms with Crippen molar-refractivity contribution in [1.29, 1.82) is 0 Å². The molecule has 0 fully saturated rings. The number of aromatic nitrogens is 1. The molecule has 2 N–H and O–H groups in total. The van der Waals surface area contributed by atoms with E-state index >= 15 is 0 Å². The Morgan fingerprint density at radius 1 is 0.967 bits per heavy atom. The maximum atomic E-state index is 13.3. The molecular formula is C23H26FIN4O. The molecule has 7 heteroatoms. The number of halogens is 2. The van der Waals surface area contributed by atoms with E-state index in [-0.39, 0.29) is 35.4 Å². The third kappa shape index (κ3) is 7.29. The Bertz CT molecular complexity index is 1020. The summed E-state index contributed by atoms with van der Waals surface area (Å²) in [5, 5.41) is 6.49. The second-order valence-corrected chi connectivity index (χ2v) is 6.66. The van der Waals surface area contributed by atoms with Crippen molar-refractivity contribution in [3.05, 3.63) is 106 Å². The van der Waals surface area contributed by atoms with Gasteiger partial charge < -0.3 is 15.2 Å². The molecule has 0 aliphatic rings. The fourth-order valence-electron chi connectivity index (χ4n) is 2.88. The van der Waals surface area contributed by atoms with Crippen LogP contribution in [-0.4, -0.2) is 17.1 Å². The number of nitrogens with zero attached hydrogens (tertiary/aromatic N) is 2. The Morgan fingerprint density at radius 2 is 1.73 bits per heavy atom. The molecule has 0 bridgehead atoms. The van der Waals surface area contributed by atoms with Gasteiger partial charge in [-0.15, -0.1) is 24.0 Å². The van der Waals surface area contributed by atoms with E-state index in [9.17, 15) is 9.18 Å². The Hall–Kier alpha value is -2.68. The fraction of sp³-hybridized carbons (Fsp3) is 0.217. The minimum absolute atomic E-state index is 0. The summed E-state index contributed by atoms with van der Waals surface area (Å²) in [6.45, 7) is 4.29. The van der Waals surface area contributed by atoms with Crippen molar-refractivity contribution < 1.29 is 4.39 Å². The van der Waals surface area contributed by atoms with Gasteiger partial charge in [-0.2, -0.15) is 0 Å². The highest BCUT2D eigenvalue weighted by Crippen LogP contribution is 2.07. The molecule has 3 aromatic rings. The van der Waals surface area contributed by atoms with Gasteiger partial charge in [-0.1, -0.05) is 42.5 Å². The molecule has 1 heterocycles. The van der Waals surface area contributed by atoms with E-state index in [0.29, 0.717) is 25.6 Å². The molecule has 0 amide bonds. The van der Waals surface area contributed by atoms with Crippen LogP contribution < -0.4 is 16.2 Å². The summed E-state index contributed by atoms with van der Waals surface area (Å²) < 4.78 is 15.0. The number of guanidine groups is 1. The third-order valence-corrected chi connectivity index (χ3v) is 4.39. The summed E-state index contributed by atoms with van der Waals surface area (Å²) >= 11 is 0. The van der Waals surface area contributed by atoms with Crippen LogP contribution in [0.25, 0.3) is 0 Å². The first kappa shape index (κ1) is 23.6. The topological polar surface area (TPSA) is 58.4 Å². The van der Waals surface area contributed by atoms with Gasteiger partial charge in [-0.25, -0.2) is 9.38 Å². The highest BCUT2D eigenvalue weighted by Gasteiger charge is 2.01. The Kier molecular flexibility index (Phi) is 9.53. The zero-order valence-corrected chi connectivity index (χ0v) is 19.2. The molecule has 3 rings (SSSR count). The average molecular weight is 520 g/mol. The number of hydrogen-bond donors (Lipinski definition) is 2. The van der Waals surface area contributed by atoms with Gasteiger partial charge in [0.25, 0.3) is 5.56 Å². The van der Waals surface area contributed by atoms with E-state index < -0.39 is 0 Å². The SMILES string of the molecule is CCNC(=NCc1cccc(F)c1)NCc1ccc(Cn2ccccc2=O)cc1.I. The first-order valence-electron chi connectivity index (χ1n) is 9.64. The van der Waals surface area contributed by atoms with Crippen LogP contribution in [0.3, 0.4) is 0 Å². The van der Waals surface area contributed by atoms with Gasteiger partial charge in [0.2, 0.25) is 0 Å². The van der Waals surface area contributed by atoms with Gasteiger partial charge in [0.1, 0.15) is 5.82 Å². The van der Waals surface area contributed by atoms with Gasteiger partial charge in [-0.3, -0.25) is 4.79 Å². The maximum Gasteiger partial charge on any atom is 0.250 e. The first-order valence-corrected chi connectivity index (χ1v) is 9.64. The standard InChI is InChI=1S/C23H25FN4O.HI/c1-2-25-23(27-16-20-6-5-7-21(24)14-20)26-15-18-9-11-19(12-10-18)17-28-13-4-3-8-22(28)29;/h3-14H,2,15-17H2,1H3,(H2,25,26,27);1H. The second kappa shape index (κ2) is 12.1. The molecule has 0 spiro atoms. The highest BCUT2D eigenvalue weighted by atomic mass is 127. The van der Waals surface area contributed by atoms with Crippen molar-refractivity contribution in [1.82, 2.24) is 15.2 Å². The number of nitrogens with one attached hydrogen (secondary N) is 2. The summed E-state index contributed by atoms with van der Waals surface area (Å²) in [5.41, 5.74) is 2.98. The maximum absolute atomic E-state index is 13.3. The van der Waals surface area contributed by atoms with Crippen LogP contribution in [-0.2, 0) is 19.6 Å². The molecule has 0 atom stereocenters. The minimum atomic E-state index is -0.256. The summed E-state index contributed by atoms with van der Waals surface area (Å²) in [7, 11) is 0. The van der Waals surface area contributed by atoms with E-state index in [1.165, 1.54) is 12.1 Å². The van der Waals surface area contributed by atoms with Crippen LogP contribution in [0.2, 0.25) is 0 Å². The number of rotatable bonds is 7. The molecule has 0 radical (unpaired) electrons. The number of pyridine rings is 1. The summed E-state index contributed by atoms with van der Waals surface area (Å²) in [6.07, 6.45) is 1.79. The van der Waals surface area contributed by atoms with Crippen molar-refractivity contribution in [3.63, 3.8) is 0 Å². The van der Waals surface area contributed by atoms with E-state index in [0.717, 1.165) is 23.2 Å².